The number of nitrogens with zero attached hydrogens (tertiary/aromatic N) is 4. The first-order chi connectivity index (χ1) is 13.8. The van der Waals surface area contributed by atoms with E-state index in [-0.39, 0.29) is 0 Å². The molecule has 0 aliphatic heterocycles. The molecule has 28 heavy (non-hydrogen) atoms. The van der Waals surface area contributed by atoms with Gasteiger partial charge in [0.2, 0.25) is 11.8 Å². The van der Waals surface area contributed by atoms with Crippen molar-refractivity contribution in [2.75, 3.05) is 19.5 Å². The van der Waals surface area contributed by atoms with Crippen molar-refractivity contribution < 1.29 is 9.47 Å². The van der Waals surface area contributed by atoms with Gasteiger partial charge in [-0.15, -0.1) is 0 Å². The lowest BCUT2D eigenvalue weighted by atomic mass is 10.1. The second kappa shape index (κ2) is 7.91. The molecule has 4 aromatic rings. The molecule has 0 saturated carbocycles. The molecule has 4 aromatic heterocycles. The van der Waals surface area contributed by atoms with Crippen LogP contribution in [-0.2, 0) is 13.0 Å². The predicted molar refractivity (Wildman–Crippen MR) is 106 cm³/mol. The number of fused-ring (bicyclic) bond motifs is 1. The van der Waals surface area contributed by atoms with Gasteiger partial charge in [0.05, 0.1) is 19.6 Å². The third kappa shape index (κ3) is 3.71. The van der Waals surface area contributed by atoms with Gasteiger partial charge in [-0.2, -0.15) is 0 Å². The summed E-state index contributed by atoms with van der Waals surface area (Å²) in [5, 5.41) is 4.20. The number of aromatic amines is 1. The van der Waals surface area contributed by atoms with Crippen LogP contribution in [0, 0.1) is 0 Å². The van der Waals surface area contributed by atoms with Crippen LogP contribution in [0.15, 0.2) is 49.2 Å². The highest BCUT2D eigenvalue weighted by Crippen LogP contribution is 2.26. The summed E-state index contributed by atoms with van der Waals surface area (Å²) in [6.45, 7) is 0.639. The van der Waals surface area contributed by atoms with Crippen LogP contribution in [0.1, 0.15) is 16.7 Å². The topological polar surface area (TPSA) is 97.8 Å². The van der Waals surface area contributed by atoms with E-state index in [0.717, 1.165) is 33.5 Å². The molecule has 0 unspecified atom stereocenters. The summed E-state index contributed by atoms with van der Waals surface area (Å²) < 4.78 is 10.4. The molecule has 0 bridgehead atoms. The van der Waals surface area contributed by atoms with Crippen LogP contribution >= 0.6 is 0 Å². The molecule has 8 heteroatoms. The van der Waals surface area contributed by atoms with Crippen LogP contribution in [0.25, 0.3) is 11.0 Å². The van der Waals surface area contributed by atoms with Gasteiger partial charge in [-0.25, -0.2) is 19.9 Å². The fourth-order valence-electron chi connectivity index (χ4n) is 2.97. The maximum Gasteiger partial charge on any atom is 0.226 e. The highest BCUT2D eigenvalue weighted by Gasteiger charge is 2.12. The molecule has 0 aliphatic carbocycles. The largest absolute Gasteiger partial charge is 0.481 e. The molecule has 2 N–H and O–H groups in total. The van der Waals surface area contributed by atoms with Gasteiger partial charge in [-0.3, -0.25) is 0 Å². The van der Waals surface area contributed by atoms with E-state index in [4.69, 9.17) is 9.47 Å². The molecular weight excluding hydrogens is 356 g/mol. The van der Waals surface area contributed by atoms with E-state index in [1.807, 2.05) is 30.6 Å². The number of rotatable bonds is 7. The Morgan fingerprint density at radius 2 is 1.79 bits per heavy atom. The van der Waals surface area contributed by atoms with Gasteiger partial charge in [0.25, 0.3) is 0 Å². The van der Waals surface area contributed by atoms with E-state index in [2.05, 4.69) is 36.3 Å². The lowest BCUT2D eigenvalue weighted by Crippen LogP contribution is -2.02. The number of anilines is 1. The minimum absolute atomic E-state index is 0.570. The van der Waals surface area contributed by atoms with Gasteiger partial charge in [-0.05, 0) is 22.8 Å². The first-order valence-corrected chi connectivity index (χ1v) is 8.79. The summed E-state index contributed by atoms with van der Waals surface area (Å²) in [6, 6.07) is 7.83. The Kier molecular flexibility index (Phi) is 5.01. The summed E-state index contributed by atoms with van der Waals surface area (Å²) in [7, 11) is 3.21. The van der Waals surface area contributed by atoms with Crippen LogP contribution < -0.4 is 14.8 Å². The van der Waals surface area contributed by atoms with Gasteiger partial charge < -0.3 is 19.8 Å². The Morgan fingerprint density at radius 1 is 0.929 bits per heavy atom. The summed E-state index contributed by atoms with van der Waals surface area (Å²) >= 11 is 0. The van der Waals surface area contributed by atoms with Crippen molar-refractivity contribution in [3.05, 3.63) is 65.9 Å². The summed E-state index contributed by atoms with van der Waals surface area (Å²) in [5.74, 6) is 1.98. The maximum atomic E-state index is 5.36. The normalized spacial score (nSPS) is 10.8. The van der Waals surface area contributed by atoms with Crippen LogP contribution in [0.4, 0.5) is 5.82 Å². The number of aromatic nitrogens is 5. The van der Waals surface area contributed by atoms with Crippen LogP contribution in [0.5, 0.6) is 11.8 Å². The Labute approximate surface area is 162 Å². The number of H-pyrrole nitrogens is 1. The minimum atomic E-state index is 0.570. The fourth-order valence-corrected chi connectivity index (χ4v) is 2.97. The quantitative estimate of drug-likeness (QED) is 0.512. The van der Waals surface area contributed by atoms with Gasteiger partial charge in [0, 0.05) is 37.6 Å². The monoisotopic (exact) mass is 376 g/mol. The predicted octanol–water partition coefficient (Wildman–Crippen LogP) is 2.97. The first kappa shape index (κ1) is 17.7. The number of pyridine rings is 2. The van der Waals surface area contributed by atoms with Crippen LogP contribution in [0.2, 0.25) is 0 Å². The standard InChI is InChI=1S/C20H20N6O2/c1-27-17-6-4-14(10-23-17)9-22-16-5-3-13(8-21-16)7-15-11-24-19-18(15)20(28-2)26-12-25-19/h3-6,8,10-12H,7,9H2,1-2H3,(H,21,22)(H,24,25,26). The van der Waals surface area contributed by atoms with Crippen molar-refractivity contribution >= 4 is 16.9 Å². The van der Waals surface area contributed by atoms with Gasteiger partial charge in [-0.1, -0.05) is 12.1 Å². The molecule has 0 fully saturated rings. The van der Waals surface area contributed by atoms with E-state index in [1.54, 1.807) is 20.4 Å². The SMILES string of the molecule is COc1ccc(CNc2ccc(Cc3c[nH]c4ncnc(OC)c34)cn2)cn1. The van der Waals surface area contributed by atoms with Crippen molar-refractivity contribution in [1.29, 1.82) is 0 Å². The first-order valence-electron chi connectivity index (χ1n) is 8.79. The molecule has 0 aliphatic rings. The second-order valence-electron chi connectivity index (χ2n) is 6.21. The highest BCUT2D eigenvalue weighted by atomic mass is 16.5. The average molecular weight is 376 g/mol. The number of hydrogen-bond acceptors (Lipinski definition) is 7. The molecule has 0 saturated heterocycles. The van der Waals surface area contributed by atoms with Crippen LogP contribution in [-0.4, -0.2) is 39.1 Å². The molecule has 0 amide bonds. The van der Waals surface area contributed by atoms with Gasteiger partial charge in [0.15, 0.2) is 0 Å². The Hall–Kier alpha value is -3.68. The second-order valence-corrected chi connectivity index (χ2v) is 6.21. The molecule has 0 radical (unpaired) electrons. The Bertz CT molecular complexity index is 1060. The smallest absolute Gasteiger partial charge is 0.226 e. The zero-order chi connectivity index (χ0) is 19.3. The molecule has 142 valence electrons. The molecule has 0 aromatic carbocycles. The number of methoxy groups -OCH3 is 2. The fraction of sp³-hybridized carbons (Fsp3) is 0.200. The van der Waals surface area contributed by atoms with E-state index in [9.17, 15) is 0 Å². The van der Waals surface area contributed by atoms with Crippen molar-refractivity contribution in [2.24, 2.45) is 0 Å². The van der Waals surface area contributed by atoms with Crippen molar-refractivity contribution in [1.82, 2.24) is 24.9 Å². The zero-order valence-electron chi connectivity index (χ0n) is 15.6. The van der Waals surface area contributed by atoms with Gasteiger partial charge >= 0.3 is 0 Å². The third-order valence-electron chi connectivity index (χ3n) is 4.41. The molecule has 0 spiro atoms. The highest BCUT2D eigenvalue weighted by molar-refractivity contribution is 5.85. The average Bonchev–Trinajstić information content (AvgIpc) is 3.16. The van der Waals surface area contributed by atoms with Crippen molar-refractivity contribution in [3.8, 4) is 11.8 Å². The maximum absolute atomic E-state index is 5.36. The lowest BCUT2D eigenvalue weighted by Gasteiger charge is -2.07. The minimum Gasteiger partial charge on any atom is -0.481 e. The molecule has 8 nitrogen and oxygen atoms in total. The van der Waals surface area contributed by atoms with E-state index in [1.165, 1.54) is 6.33 Å². The Balaban J connectivity index is 1.43. The van der Waals surface area contributed by atoms with E-state index in [0.29, 0.717) is 24.7 Å². The van der Waals surface area contributed by atoms with E-state index < -0.39 is 0 Å². The van der Waals surface area contributed by atoms with Crippen LogP contribution in [0.3, 0.4) is 0 Å². The van der Waals surface area contributed by atoms with Crippen molar-refractivity contribution in [2.45, 2.75) is 13.0 Å². The summed E-state index contributed by atoms with van der Waals surface area (Å²) in [6.07, 6.45) is 7.78. The zero-order valence-corrected chi connectivity index (χ0v) is 15.6. The van der Waals surface area contributed by atoms with E-state index >= 15 is 0 Å². The summed E-state index contributed by atoms with van der Waals surface area (Å²) in [5.41, 5.74) is 3.97. The van der Waals surface area contributed by atoms with Crippen molar-refractivity contribution in [3.63, 3.8) is 0 Å². The molecule has 4 rings (SSSR count). The lowest BCUT2D eigenvalue weighted by molar-refractivity contribution is 0.397. The number of nitrogens with one attached hydrogen (secondary N) is 2. The summed E-state index contributed by atoms with van der Waals surface area (Å²) in [4.78, 5) is 20.3. The molecule has 0 atom stereocenters. The number of ether oxygens (including phenoxy) is 2. The number of hydrogen-bond donors (Lipinski definition) is 2. The third-order valence-corrected chi connectivity index (χ3v) is 4.41. The van der Waals surface area contributed by atoms with Gasteiger partial charge in [0.1, 0.15) is 17.8 Å². The molecule has 4 heterocycles. The molecular formula is C20H20N6O2. The Morgan fingerprint density at radius 3 is 2.50 bits per heavy atom.